The van der Waals surface area contributed by atoms with Gasteiger partial charge in [-0.3, -0.25) is 0 Å². The molecule has 0 aliphatic carbocycles. The van der Waals surface area contributed by atoms with E-state index in [1.54, 1.807) is 0 Å². The highest BCUT2D eigenvalue weighted by Gasteiger charge is 2.21. The summed E-state index contributed by atoms with van der Waals surface area (Å²) in [4.78, 5) is 0. The van der Waals surface area contributed by atoms with Crippen molar-refractivity contribution in [2.45, 2.75) is 12.3 Å². The third-order valence-electron chi connectivity index (χ3n) is 2.85. The first kappa shape index (κ1) is 14.8. The van der Waals surface area contributed by atoms with Crippen LogP contribution in [0, 0.1) is 36.0 Å². The quantitative estimate of drug-likeness (QED) is 0.415. The van der Waals surface area contributed by atoms with Gasteiger partial charge in [0.15, 0.2) is 17.5 Å². The van der Waals surface area contributed by atoms with E-state index in [9.17, 15) is 22.0 Å². The minimum atomic E-state index is -1.63. The largest absolute Gasteiger partial charge is 0.207 e. The molecular weight excluding hydrogens is 299 g/mol. The third-order valence-corrected chi connectivity index (χ3v) is 3.34. The van der Waals surface area contributed by atoms with E-state index in [0.717, 1.165) is 6.07 Å². The summed E-state index contributed by atoms with van der Waals surface area (Å²) >= 11 is 5.94. The molecule has 2 aromatic rings. The van der Waals surface area contributed by atoms with Crippen LogP contribution in [0.3, 0.4) is 0 Å². The minimum Gasteiger partial charge on any atom is -0.207 e. The van der Waals surface area contributed by atoms with Gasteiger partial charge in [-0.1, -0.05) is 0 Å². The predicted molar refractivity (Wildman–Crippen MR) is 65.1 cm³/mol. The monoisotopic (exact) mass is 306 g/mol. The molecule has 0 radical (unpaired) electrons. The Morgan fingerprint density at radius 1 is 0.800 bits per heavy atom. The lowest BCUT2D eigenvalue weighted by molar-refractivity contribution is 0.445. The second-order valence-corrected chi connectivity index (χ2v) is 4.72. The van der Waals surface area contributed by atoms with E-state index in [1.807, 2.05) is 0 Å². The van der Waals surface area contributed by atoms with Crippen molar-refractivity contribution in [2.75, 3.05) is 0 Å². The van der Waals surface area contributed by atoms with Crippen molar-refractivity contribution in [2.24, 2.45) is 0 Å². The molecule has 0 fully saturated rings. The first-order valence-corrected chi connectivity index (χ1v) is 5.99. The summed E-state index contributed by atoms with van der Waals surface area (Å²) in [5, 5.41) is -1.26. The second-order valence-electron chi connectivity index (χ2n) is 4.28. The fourth-order valence-electron chi connectivity index (χ4n) is 1.77. The number of aryl methyl sites for hydroxylation is 1. The van der Waals surface area contributed by atoms with Crippen molar-refractivity contribution in [3.05, 3.63) is 70.0 Å². The van der Waals surface area contributed by atoms with E-state index in [2.05, 4.69) is 0 Å². The Kier molecular flexibility index (Phi) is 3.99. The molecule has 2 aromatic carbocycles. The van der Waals surface area contributed by atoms with Crippen LogP contribution in [0.15, 0.2) is 24.3 Å². The summed E-state index contributed by atoms with van der Waals surface area (Å²) in [5.41, 5.74) is -0.168. The Hall–Kier alpha value is -1.62. The highest BCUT2D eigenvalue weighted by atomic mass is 35.5. The molecule has 0 aromatic heterocycles. The van der Waals surface area contributed by atoms with Gasteiger partial charge in [-0.05, 0) is 36.2 Å². The molecule has 0 bridgehead atoms. The van der Waals surface area contributed by atoms with Crippen molar-refractivity contribution in [1.29, 1.82) is 0 Å². The molecular formula is C14H8ClF5. The van der Waals surface area contributed by atoms with E-state index in [0.29, 0.717) is 18.2 Å². The molecule has 106 valence electrons. The van der Waals surface area contributed by atoms with Crippen LogP contribution >= 0.6 is 11.6 Å². The molecule has 0 amide bonds. The van der Waals surface area contributed by atoms with Crippen LogP contribution in [0.25, 0.3) is 0 Å². The van der Waals surface area contributed by atoms with Gasteiger partial charge in [-0.25, -0.2) is 22.0 Å². The lowest BCUT2D eigenvalue weighted by atomic mass is 10.0. The number of benzene rings is 2. The molecule has 1 atom stereocenters. The molecule has 1 unspecified atom stereocenters. The summed E-state index contributed by atoms with van der Waals surface area (Å²) < 4.78 is 65.9. The Labute approximate surface area is 116 Å². The Morgan fingerprint density at radius 3 is 1.90 bits per heavy atom. The van der Waals surface area contributed by atoms with Crippen LogP contribution in [0.2, 0.25) is 0 Å². The van der Waals surface area contributed by atoms with Crippen LogP contribution in [0.5, 0.6) is 0 Å². The maximum Gasteiger partial charge on any atom is 0.194 e. The first-order chi connectivity index (χ1) is 9.31. The van der Waals surface area contributed by atoms with E-state index < -0.39 is 34.5 Å². The molecule has 0 saturated heterocycles. The lowest BCUT2D eigenvalue weighted by Gasteiger charge is -2.13. The molecule has 0 heterocycles. The van der Waals surface area contributed by atoms with Crippen LogP contribution in [-0.4, -0.2) is 0 Å². The van der Waals surface area contributed by atoms with Gasteiger partial charge in [0, 0.05) is 11.6 Å². The number of halogens is 6. The lowest BCUT2D eigenvalue weighted by Crippen LogP contribution is -2.02. The average molecular weight is 307 g/mol. The fourth-order valence-corrected chi connectivity index (χ4v) is 2.07. The van der Waals surface area contributed by atoms with Gasteiger partial charge in [-0.2, -0.15) is 0 Å². The maximum atomic E-state index is 13.7. The summed E-state index contributed by atoms with van der Waals surface area (Å²) in [6.07, 6.45) is 0. The van der Waals surface area contributed by atoms with Crippen molar-refractivity contribution in [1.82, 2.24) is 0 Å². The summed E-state index contributed by atoms with van der Waals surface area (Å²) in [7, 11) is 0. The van der Waals surface area contributed by atoms with Gasteiger partial charge < -0.3 is 0 Å². The first-order valence-electron chi connectivity index (χ1n) is 5.55. The van der Waals surface area contributed by atoms with Gasteiger partial charge in [0.05, 0.1) is 5.38 Å². The van der Waals surface area contributed by atoms with E-state index >= 15 is 0 Å². The molecule has 20 heavy (non-hydrogen) atoms. The number of hydrogen-bond acceptors (Lipinski definition) is 0. The zero-order valence-corrected chi connectivity index (χ0v) is 10.9. The SMILES string of the molecule is Cc1cc(C(Cl)c2cc(F)c(F)c(F)c2)c(F)cc1F. The molecule has 0 saturated carbocycles. The maximum absolute atomic E-state index is 13.7. The average Bonchev–Trinajstić information content (AvgIpc) is 2.38. The molecule has 2 rings (SSSR count). The van der Waals surface area contributed by atoms with Crippen molar-refractivity contribution in [3.8, 4) is 0 Å². The van der Waals surface area contributed by atoms with Crippen molar-refractivity contribution >= 4 is 11.6 Å². The summed E-state index contributed by atoms with van der Waals surface area (Å²) in [5.74, 6) is -6.19. The van der Waals surface area contributed by atoms with Gasteiger partial charge in [-0.15, -0.1) is 11.6 Å². The van der Waals surface area contributed by atoms with E-state index in [1.165, 1.54) is 6.92 Å². The Morgan fingerprint density at radius 2 is 1.35 bits per heavy atom. The van der Waals surface area contributed by atoms with Crippen LogP contribution < -0.4 is 0 Å². The van der Waals surface area contributed by atoms with Gasteiger partial charge in [0.25, 0.3) is 0 Å². The molecule has 6 heteroatoms. The Balaban J connectivity index is 2.51. The molecule has 0 aliphatic heterocycles. The van der Waals surface area contributed by atoms with Crippen LogP contribution in [-0.2, 0) is 0 Å². The zero-order chi connectivity index (χ0) is 15.0. The predicted octanol–water partition coefficient (Wildman–Crippen LogP) is 5.02. The molecule has 0 aliphatic rings. The van der Waals surface area contributed by atoms with Crippen molar-refractivity contribution in [3.63, 3.8) is 0 Å². The second kappa shape index (κ2) is 5.40. The van der Waals surface area contributed by atoms with E-state index in [-0.39, 0.29) is 16.7 Å². The highest BCUT2D eigenvalue weighted by molar-refractivity contribution is 6.22. The number of rotatable bonds is 2. The Bertz CT molecular complexity index is 646. The molecule has 0 nitrogen and oxygen atoms in total. The molecule has 0 N–H and O–H groups in total. The minimum absolute atomic E-state index is 0.134. The topological polar surface area (TPSA) is 0 Å². The number of alkyl halides is 1. The summed E-state index contributed by atoms with van der Waals surface area (Å²) in [6.45, 7) is 1.40. The van der Waals surface area contributed by atoms with E-state index in [4.69, 9.17) is 11.6 Å². The molecule has 0 spiro atoms. The van der Waals surface area contributed by atoms with Gasteiger partial charge in [0.1, 0.15) is 11.6 Å². The normalized spacial score (nSPS) is 12.6. The van der Waals surface area contributed by atoms with Gasteiger partial charge >= 0.3 is 0 Å². The summed E-state index contributed by atoms with van der Waals surface area (Å²) in [6, 6.07) is 3.13. The third kappa shape index (κ3) is 2.63. The van der Waals surface area contributed by atoms with Crippen LogP contribution in [0.4, 0.5) is 22.0 Å². The van der Waals surface area contributed by atoms with Crippen LogP contribution in [0.1, 0.15) is 22.1 Å². The van der Waals surface area contributed by atoms with Crippen molar-refractivity contribution < 1.29 is 22.0 Å². The zero-order valence-electron chi connectivity index (χ0n) is 10.2. The fraction of sp³-hybridized carbons (Fsp3) is 0.143. The highest BCUT2D eigenvalue weighted by Crippen LogP contribution is 2.33. The standard InChI is InChI=1S/C14H8ClF5/c1-6-2-8(10(17)5-9(6)16)13(15)7-3-11(18)14(20)12(19)4-7/h2-5,13H,1H3. The van der Waals surface area contributed by atoms with Gasteiger partial charge in [0.2, 0.25) is 0 Å². The smallest absolute Gasteiger partial charge is 0.194 e. The number of hydrogen-bond donors (Lipinski definition) is 0.